The molecule has 3 rings (SSSR count). The van der Waals surface area contributed by atoms with Gasteiger partial charge in [0.05, 0.1) is 13.2 Å². The Balaban J connectivity index is 1.50. The van der Waals surface area contributed by atoms with Crippen molar-refractivity contribution in [2.45, 2.75) is 70.9 Å². The smallest absolute Gasteiger partial charge is 0.222 e. The lowest BCUT2D eigenvalue weighted by molar-refractivity contribution is -0.126. The number of rotatable bonds is 6. The van der Waals surface area contributed by atoms with Gasteiger partial charge in [0, 0.05) is 50.7 Å². The molecule has 0 aromatic heterocycles. The Labute approximate surface area is 159 Å². The van der Waals surface area contributed by atoms with Crippen LogP contribution in [0.1, 0.15) is 59.3 Å². The van der Waals surface area contributed by atoms with E-state index in [2.05, 4.69) is 35.9 Å². The standard InChI is InChI=1S/C21H39N3O2/c1-17-12-18(2)15-23(14-17)16-19(3)22-20(25)13-21(6-4-5-7-21)24-8-10-26-11-9-24/h17-19H,4-16H2,1-3H3,(H,22,25)/t17-,18+,19-/m0/s1. The summed E-state index contributed by atoms with van der Waals surface area (Å²) in [5.74, 6) is 1.78. The van der Waals surface area contributed by atoms with Crippen LogP contribution in [0.4, 0.5) is 0 Å². The highest BCUT2D eigenvalue weighted by molar-refractivity contribution is 5.77. The normalized spacial score (nSPS) is 31.7. The number of morpholine rings is 1. The van der Waals surface area contributed by atoms with Gasteiger partial charge in [0.2, 0.25) is 5.91 Å². The topological polar surface area (TPSA) is 44.8 Å². The van der Waals surface area contributed by atoms with Crippen molar-refractivity contribution in [1.29, 1.82) is 0 Å². The van der Waals surface area contributed by atoms with Crippen LogP contribution in [0.3, 0.4) is 0 Å². The molecule has 0 aromatic rings. The molecule has 3 atom stereocenters. The Hall–Kier alpha value is -0.650. The highest BCUT2D eigenvalue weighted by Crippen LogP contribution is 2.38. The summed E-state index contributed by atoms with van der Waals surface area (Å²) < 4.78 is 5.53. The molecule has 0 spiro atoms. The van der Waals surface area contributed by atoms with Gasteiger partial charge in [-0.2, -0.15) is 0 Å². The maximum Gasteiger partial charge on any atom is 0.222 e. The summed E-state index contributed by atoms with van der Waals surface area (Å²) in [5, 5.41) is 3.31. The first-order chi connectivity index (χ1) is 12.5. The first-order valence-electron chi connectivity index (χ1n) is 10.8. The molecule has 2 heterocycles. The molecule has 150 valence electrons. The van der Waals surface area contributed by atoms with Crippen LogP contribution in [0.2, 0.25) is 0 Å². The summed E-state index contributed by atoms with van der Waals surface area (Å²) in [4.78, 5) is 17.9. The molecule has 1 aliphatic carbocycles. The summed E-state index contributed by atoms with van der Waals surface area (Å²) in [6, 6.07) is 0.225. The van der Waals surface area contributed by atoms with Crippen LogP contribution in [0.5, 0.6) is 0 Å². The number of carbonyl (C=O) groups is 1. The molecule has 1 N–H and O–H groups in total. The fourth-order valence-electron chi connectivity index (χ4n) is 5.67. The fourth-order valence-corrected chi connectivity index (χ4v) is 5.67. The zero-order valence-corrected chi connectivity index (χ0v) is 17.1. The van der Waals surface area contributed by atoms with Crippen LogP contribution in [-0.4, -0.2) is 73.2 Å². The molecule has 0 radical (unpaired) electrons. The number of nitrogens with one attached hydrogen (secondary N) is 1. The number of amides is 1. The third kappa shape index (κ3) is 5.20. The fraction of sp³-hybridized carbons (Fsp3) is 0.952. The number of hydrogen-bond donors (Lipinski definition) is 1. The Morgan fingerprint density at radius 2 is 1.77 bits per heavy atom. The van der Waals surface area contributed by atoms with E-state index in [4.69, 9.17) is 4.74 Å². The minimum absolute atomic E-state index is 0.0851. The second-order valence-corrected chi connectivity index (χ2v) is 9.34. The molecule has 0 unspecified atom stereocenters. The molecule has 3 aliphatic rings. The van der Waals surface area contributed by atoms with E-state index in [1.165, 1.54) is 32.4 Å². The highest BCUT2D eigenvalue weighted by atomic mass is 16.5. The van der Waals surface area contributed by atoms with E-state index in [0.29, 0.717) is 6.42 Å². The average molecular weight is 366 g/mol. The summed E-state index contributed by atoms with van der Waals surface area (Å²) >= 11 is 0. The number of likely N-dealkylation sites (tertiary alicyclic amines) is 1. The van der Waals surface area contributed by atoms with Gasteiger partial charge in [-0.25, -0.2) is 0 Å². The minimum atomic E-state index is 0.0851. The van der Waals surface area contributed by atoms with Crippen LogP contribution in [0.15, 0.2) is 0 Å². The van der Waals surface area contributed by atoms with Gasteiger partial charge in [0.25, 0.3) is 0 Å². The largest absolute Gasteiger partial charge is 0.379 e. The van der Waals surface area contributed by atoms with Crippen molar-refractivity contribution in [1.82, 2.24) is 15.1 Å². The summed E-state index contributed by atoms with van der Waals surface area (Å²) in [6.07, 6.45) is 6.82. The van der Waals surface area contributed by atoms with E-state index in [1.807, 2.05) is 0 Å². The molecule has 0 aromatic carbocycles. The van der Waals surface area contributed by atoms with Crippen molar-refractivity contribution < 1.29 is 9.53 Å². The van der Waals surface area contributed by atoms with Gasteiger partial charge in [-0.15, -0.1) is 0 Å². The minimum Gasteiger partial charge on any atom is -0.379 e. The highest BCUT2D eigenvalue weighted by Gasteiger charge is 2.41. The SMILES string of the molecule is C[C@@H]1C[C@H](C)CN(C[C@H](C)NC(=O)CC2(N3CCOCC3)CCCC2)C1. The van der Waals surface area contributed by atoms with Gasteiger partial charge in [-0.3, -0.25) is 9.69 Å². The number of ether oxygens (including phenoxy) is 1. The van der Waals surface area contributed by atoms with Gasteiger partial charge < -0.3 is 15.0 Å². The predicted octanol–water partition coefficient (Wildman–Crippen LogP) is 2.50. The van der Waals surface area contributed by atoms with E-state index < -0.39 is 0 Å². The lowest BCUT2D eigenvalue weighted by atomic mass is 9.89. The number of carbonyl (C=O) groups excluding carboxylic acids is 1. The molecule has 26 heavy (non-hydrogen) atoms. The quantitative estimate of drug-likeness (QED) is 0.785. The van der Waals surface area contributed by atoms with E-state index in [1.54, 1.807) is 0 Å². The molecular weight excluding hydrogens is 326 g/mol. The molecular formula is C21H39N3O2. The van der Waals surface area contributed by atoms with Gasteiger partial charge >= 0.3 is 0 Å². The van der Waals surface area contributed by atoms with E-state index >= 15 is 0 Å². The summed E-state index contributed by atoms with van der Waals surface area (Å²) in [5.41, 5.74) is 0.0851. The first-order valence-corrected chi connectivity index (χ1v) is 10.8. The van der Waals surface area contributed by atoms with Gasteiger partial charge in [0.15, 0.2) is 0 Å². The molecule has 1 amide bonds. The maximum atomic E-state index is 12.8. The Morgan fingerprint density at radius 1 is 1.15 bits per heavy atom. The maximum absolute atomic E-state index is 12.8. The molecule has 1 saturated carbocycles. The van der Waals surface area contributed by atoms with Crippen molar-refractivity contribution in [2.75, 3.05) is 45.9 Å². The van der Waals surface area contributed by atoms with Gasteiger partial charge in [-0.1, -0.05) is 26.7 Å². The van der Waals surface area contributed by atoms with E-state index in [9.17, 15) is 4.79 Å². The van der Waals surface area contributed by atoms with Crippen molar-refractivity contribution in [2.24, 2.45) is 11.8 Å². The molecule has 2 aliphatic heterocycles. The van der Waals surface area contributed by atoms with Crippen LogP contribution in [-0.2, 0) is 9.53 Å². The molecule has 5 heteroatoms. The third-order valence-corrected chi connectivity index (χ3v) is 6.59. The molecule has 2 saturated heterocycles. The Bertz CT molecular complexity index is 448. The monoisotopic (exact) mass is 365 g/mol. The van der Waals surface area contributed by atoms with Crippen LogP contribution < -0.4 is 5.32 Å². The first kappa shape index (κ1) is 20.1. The van der Waals surface area contributed by atoms with Gasteiger partial charge in [0.1, 0.15) is 0 Å². The summed E-state index contributed by atoms with van der Waals surface area (Å²) in [7, 11) is 0. The predicted molar refractivity (Wildman–Crippen MR) is 105 cm³/mol. The van der Waals surface area contributed by atoms with E-state index in [0.717, 1.165) is 57.5 Å². The Kier molecular flexibility index (Phi) is 6.98. The van der Waals surface area contributed by atoms with Crippen molar-refractivity contribution >= 4 is 5.91 Å². The lowest BCUT2D eigenvalue weighted by Gasteiger charge is -2.43. The van der Waals surface area contributed by atoms with Crippen molar-refractivity contribution in [3.8, 4) is 0 Å². The number of piperidine rings is 1. The molecule has 0 bridgehead atoms. The number of nitrogens with zero attached hydrogens (tertiary/aromatic N) is 2. The van der Waals surface area contributed by atoms with Crippen LogP contribution in [0.25, 0.3) is 0 Å². The van der Waals surface area contributed by atoms with Crippen molar-refractivity contribution in [3.63, 3.8) is 0 Å². The second kappa shape index (κ2) is 9.03. The van der Waals surface area contributed by atoms with Crippen LogP contribution >= 0.6 is 0 Å². The number of hydrogen-bond acceptors (Lipinski definition) is 4. The van der Waals surface area contributed by atoms with E-state index in [-0.39, 0.29) is 17.5 Å². The lowest BCUT2D eigenvalue weighted by Crippen LogP contribution is -2.55. The molecule has 3 fully saturated rings. The zero-order chi connectivity index (χ0) is 18.6. The molecule has 5 nitrogen and oxygen atoms in total. The average Bonchev–Trinajstić information content (AvgIpc) is 3.04. The summed E-state index contributed by atoms with van der Waals surface area (Å²) in [6.45, 7) is 13.7. The van der Waals surface area contributed by atoms with Gasteiger partial charge in [-0.05, 0) is 38.0 Å². The Morgan fingerprint density at radius 3 is 2.38 bits per heavy atom. The zero-order valence-electron chi connectivity index (χ0n) is 17.1. The second-order valence-electron chi connectivity index (χ2n) is 9.34. The third-order valence-electron chi connectivity index (χ3n) is 6.59. The van der Waals surface area contributed by atoms with Crippen molar-refractivity contribution in [3.05, 3.63) is 0 Å². The van der Waals surface area contributed by atoms with Crippen LogP contribution in [0, 0.1) is 11.8 Å².